The van der Waals surface area contributed by atoms with Gasteiger partial charge in [0.2, 0.25) is 0 Å². The molecule has 12 heavy (non-hydrogen) atoms. The highest BCUT2D eigenvalue weighted by Crippen LogP contribution is 2.40. The predicted octanol–water partition coefficient (Wildman–Crippen LogP) is 2.13. The Hall–Kier alpha value is 0.310. The summed E-state index contributed by atoms with van der Waals surface area (Å²) in [6.45, 7) is 4.99. The molecule has 0 spiro atoms. The third-order valence-corrected chi connectivity index (χ3v) is 4.76. The second-order valence-electron chi connectivity index (χ2n) is 4.49. The maximum atomic E-state index is 3.50. The summed E-state index contributed by atoms with van der Waals surface area (Å²) in [6, 6.07) is 0. The Morgan fingerprint density at radius 2 is 2.42 bits per heavy atom. The number of rotatable bonds is 1. The molecule has 2 aliphatic heterocycles. The molecule has 2 aliphatic rings. The summed E-state index contributed by atoms with van der Waals surface area (Å²) in [7, 11) is 0. The van der Waals surface area contributed by atoms with Crippen LogP contribution in [-0.2, 0) is 0 Å². The molecule has 2 saturated heterocycles. The Bertz CT molecular complexity index is 146. The van der Waals surface area contributed by atoms with E-state index >= 15 is 0 Å². The van der Waals surface area contributed by atoms with E-state index in [1.54, 1.807) is 0 Å². The van der Waals surface area contributed by atoms with Crippen molar-refractivity contribution in [2.75, 3.05) is 24.6 Å². The van der Waals surface area contributed by atoms with E-state index in [2.05, 4.69) is 24.0 Å². The van der Waals surface area contributed by atoms with Crippen molar-refractivity contribution in [2.45, 2.75) is 26.2 Å². The molecule has 0 amide bonds. The third kappa shape index (κ3) is 1.64. The first-order chi connectivity index (χ1) is 5.81. The van der Waals surface area contributed by atoms with E-state index in [0.717, 1.165) is 5.92 Å². The lowest BCUT2D eigenvalue weighted by Crippen LogP contribution is -2.33. The average Bonchev–Trinajstić information content (AvgIpc) is 2.55. The third-order valence-electron chi connectivity index (χ3n) is 3.55. The zero-order valence-corrected chi connectivity index (χ0v) is 8.75. The zero-order valence-electron chi connectivity index (χ0n) is 7.94. The average molecular weight is 185 g/mol. The van der Waals surface area contributed by atoms with E-state index < -0.39 is 0 Å². The van der Waals surface area contributed by atoms with Crippen LogP contribution in [0.15, 0.2) is 0 Å². The molecular weight excluding hydrogens is 166 g/mol. The first-order valence-electron chi connectivity index (χ1n) is 5.10. The molecule has 70 valence electrons. The van der Waals surface area contributed by atoms with Gasteiger partial charge >= 0.3 is 0 Å². The van der Waals surface area contributed by atoms with Crippen molar-refractivity contribution in [3.63, 3.8) is 0 Å². The highest BCUT2D eigenvalue weighted by Gasteiger charge is 2.37. The van der Waals surface area contributed by atoms with Gasteiger partial charge in [0.1, 0.15) is 0 Å². The quantitative estimate of drug-likeness (QED) is 0.671. The van der Waals surface area contributed by atoms with Crippen LogP contribution < -0.4 is 5.32 Å². The Balaban J connectivity index is 1.96. The van der Waals surface area contributed by atoms with E-state index in [4.69, 9.17) is 0 Å². The molecule has 0 aromatic carbocycles. The van der Waals surface area contributed by atoms with Gasteiger partial charge in [-0.3, -0.25) is 0 Å². The number of hydrogen-bond acceptors (Lipinski definition) is 2. The number of hydrogen-bond donors (Lipinski definition) is 1. The minimum atomic E-state index is 0.632. The maximum Gasteiger partial charge on any atom is 0.000859 e. The van der Waals surface area contributed by atoms with Gasteiger partial charge in [0, 0.05) is 6.54 Å². The summed E-state index contributed by atoms with van der Waals surface area (Å²) >= 11 is 2.16. The first kappa shape index (κ1) is 8.89. The highest BCUT2D eigenvalue weighted by atomic mass is 32.2. The van der Waals surface area contributed by atoms with Crippen molar-refractivity contribution < 1.29 is 0 Å². The van der Waals surface area contributed by atoms with Crippen molar-refractivity contribution in [2.24, 2.45) is 11.3 Å². The predicted molar refractivity (Wildman–Crippen MR) is 55.6 cm³/mol. The lowest BCUT2D eigenvalue weighted by molar-refractivity contribution is 0.218. The standard InChI is InChI=1S/C10H19NS/c1-10(4-5-11-8-10)9-3-2-6-12-7-9/h9,11H,2-8H2,1H3. The molecule has 2 unspecified atom stereocenters. The molecule has 1 N–H and O–H groups in total. The van der Waals surface area contributed by atoms with Crippen LogP contribution in [0.5, 0.6) is 0 Å². The van der Waals surface area contributed by atoms with Crippen LogP contribution in [0.2, 0.25) is 0 Å². The second-order valence-corrected chi connectivity index (χ2v) is 5.64. The topological polar surface area (TPSA) is 12.0 Å². The summed E-state index contributed by atoms with van der Waals surface area (Å²) in [5, 5.41) is 3.50. The van der Waals surface area contributed by atoms with Crippen LogP contribution in [0.4, 0.5) is 0 Å². The minimum absolute atomic E-state index is 0.632. The van der Waals surface area contributed by atoms with E-state index in [9.17, 15) is 0 Å². The van der Waals surface area contributed by atoms with E-state index in [1.807, 2.05) is 0 Å². The Kier molecular flexibility index (Phi) is 2.66. The summed E-state index contributed by atoms with van der Waals surface area (Å²) in [5.41, 5.74) is 0.632. The van der Waals surface area contributed by atoms with Crippen molar-refractivity contribution >= 4 is 11.8 Å². The largest absolute Gasteiger partial charge is 0.316 e. The van der Waals surface area contributed by atoms with Crippen LogP contribution in [-0.4, -0.2) is 24.6 Å². The Morgan fingerprint density at radius 3 is 3.00 bits per heavy atom. The minimum Gasteiger partial charge on any atom is -0.316 e. The number of nitrogens with one attached hydrogen (secondary N) is 1. The molecule has 2 rings (SSSR count). The van der Waals surface area contributed by atoms with Crippen molar-refractivity contribution in [1.29, 1.82) is 0 Å². The fourth-order valence-electron chi connectivity index (χ4n) is 2.48. The molecule has 0 bridgehead atoms. The molecule has 2 heterocycles. The zero-order chi connectivity index (χ0) is 8.44. The fourth-order valence-corrected chi connectivity index (χ4v) is 3.87. The van der Waals surface area contributed by atoms with Gasteiger partial charge in [-0.2, -0.15) is 11.8 Å². The van der Waals surface area contributed by atoms with E-state index in [0.29, 0.717) is 5.41 Å². The summed E-state index contributed by atoms with van der Waals surface area (Å²) in [5.74, 6) is 3.81. The monoisotopic (exact) mass is 185 g/mol. The van der Waals surface area contributed by atoms with Crippen LogP contribution in [0.25, 0.3) is 0 Å². The summed E-state index contributed by atoms with van der Waals surface area (Å²) in [4.78, 5) is 0. The van der Waals surface area contributed by atoms with Crippen LogP contribution in [0.1, 0.15) is 26.2 Å². The van der Waals surface area contributed by atoms with Gasteiger partial charge in [-0.15, -0.1) is 0 Å². The first-order valence-corrected chi connectivity index (χ1v) is 6.25. The molecule has 2 heteroatoms. The van der Waals surface area contributed by atoms with Gasteiger partial charge < -0.3 is 5.32 Å². The molecule has 1 nitrogen and oxygen atoms in total. The van der Waals surface area contributed by atoms with E-state index in [-0.39, 0.29) is 0 Å². The Morgan fingerprint density at radius 1 is 1.50 bits per heavy atom. The van der Waals surface area contributed by atoms with Gasteiger partial charge in [-0.1, -0.05) is 6.92 Å². The molecule has 0 saturated carbocycles. The summed E-state index contributed by atoms with van der Waals surface area (Å²) in [6.07, 6.45) is 4.33. The molecule has 2 fully saturated rings. The van der Waals surface area contributed by atoms with Crippen LogP contribution in [0, 0.1) is 11.3 Å². The molecule has 2 atom stereocenters. The lowest BCUT2D eigenvalue weighted by Gasteiger charge is -2.35. The second kappa shape index (κ2) is 3.59. The number of thioether (sulfide) groups is 1. The SMILES string of the molecule is CC1(C2CCCSC2)CCNC1. The van der Waals surface area contributed by atoms with E-state index in [1.165, 1.54) is 43.9 Å². The van der Waals surface area contributed by atoms with Gasteiger partial charge in [-0.25, -0.2) is 0 Å². The fraction of sp³-hybridized carbons (Fsp3) is 1.00. The smallest absolute Gasteiger partial charge is 0.000859 e. The van der Waals surface area contributed by atoms with Crippen molar-refractivity contribution in [3.8, 4) is 0 Å². The van der Waals surface area contributed by atoms with Crippen molar-refractivity contribution in [3.05, 3.63) is 0 Å². The molecule has 0 aromatic rings. The molecule has 0 aromatic heterocycles. The van der Waals surface area contributed by atoms with Gasteiger partial charge in [0.25, 0.3) is 0 Å². The van der Waals surface area contributed by atoms with Crippen LogP contribution >= 0.6 is 11.8 Å². The maximum absolute atomic E-state index is 3.50. The van der Waals surface area contributed by atoms with Gasteiger partial charge in [0.05, 0.1) is 0 Å². The molecular formula is C10H19NS. The molecule has 0 radical (unpaired) electrons. The van der Waals surface area contributed by atoms with Gasteiger partial charge in [-0.05, 0) is 48.6 Å². The van der Waals surface area contributed by atoms with Crippen molar-refractivity contribution in [1.82, 2.24) is 5.32 Å². The Labute approximate surface area is 79.7 Å². The normalized spacial score (nSPS) is 43.2. The lowest BCUT2D eigenvalue weighted by atomic mass is 9.75. The van der Waals surface area contributed by atoms with Crippen LogP contribution in [0.3, 0.4) is 0 Å². The summed E-state index contributed by atoms with van der Waals surface area (Å²) < 4.78 is 0. The highest BCUT2D eigenvalue weighted by molar-refractivity contribution is 7.99. The van der Waals surface area contributed by atoms with Gasteiger partial charge in [0.15, 0.2) is 0 Å². The molecule has 0 aliphatic carbocycles.